The maximum Gasteiger partial charge on any atom is 0.273 e. The van der Waals surface area contributed by atoms with Crippen LogP contribution in [0, 0.1) is 30.9 Å². The monoisotopic (exact) mass is 367 g/mol. The molecule has 140 valence electrons. The first kappa shape index (κ1) is 18.6. The fourth-order valence-electron chi connectivity index (χ4n) is 3.16. The van der Waals surface area contributed by atoms with Crippen LogP contribution in [0.5, 0.6) is 0 Å². The van der Waals surface area contributed by atoms with Crippen LogP contribution in [-0.2, 0) is 4.79 Å². The minimum atomic E-state index is -0.507. The highest BCUT2D eigenvalue weighted by atomic mass is 16.6. The summed E-state index contributed by atoms with van der Waals surface area (Å²) in [7, 11) is 0. The molecule has 0 aliphatic carbocycles. The number of hydrogen-bond donors (Lipinski definition) is 1. The minimum Gasteiger partial charge on any atom is -0.347 e. The normalized spacial score (nSPS) is 16.5. The molecule has 2 aromatic carbocycles. The first-order valence-electron chi connectivity index (χ1n) is 8.70. The SMILES string of the molecule is Cc1ccc(N2C[C@@H](NC(=O)c3ccc(C)c([N+](=O)[O-])c3)CC2=O)cc1C. The highest BCUT2D eigenvalue weighted by Gasteiger charge is 2.32. The number of nitro benzene ring substituents is 1. The highest BCUT2D eigenvalue weighted by Crippen LogP contribution is 2.25. The van der Waals surface area contributed by atoms with Gasteiger partial charge in [0.15, 0.2) is 0 Å². The summed E-state index contributed by atoms with van der Waals surface area (Å²) in [4.78, 5) is 37.1. The molecule has 0 bridgehead atoms. The predicted molar refractivity (Wildman–Crippen MR) is 102 cm³/mol. The van der Waals surface area contributed by atoms with Crippen LogP contribution in [0.15, 0.2) is 36.4 Å². The van der Waals surface area contributed by atoms with Crippen LogP contribution in [0.1, 0.15) is 33.5 Å². The molecule has 7 nitrogen and oxygen atoms in total. The average molecular weight is 367 g/mol. The second-order valence-corrected chi connectivity index (χ2v) is 6.91. The van der Waals surface area contributed by atoms with Crippen molar-refractivity contribution in [3.63, 3.8) is 0 Å². The lowest BCUT2D eigenvalue weighted by Gasteiger charge is -2.18. The number of carbonyl (C=O) groups is 2. The number of amides is 2. The van der Waals surface area contributed by atoms with E-state index in [2.05, 4.69) is 5.32 Å². The third-order valence-electron chi connectivity index (χ3n) is 4.93. The van der Waals surface area contributed by atoms with E-state index in [1.807, 2.05) is 32.0 Å². The summed E-state index contributed by atoms with van der Waals surface area (Å²) < 4.78 is 0. The number of nitrogens with zero attached hydrogens (tertiary/aromatic N) is 2. The lowest BCUT2D eigenvalue weighted by atomic mass is 10.1. The Kier molecular flexibility index (Phi) is 4.94. The van der Waals surface area contributed by atoms with Gasteiger partial charge >= 0.3 is 0 Å². The van der Waals surface area contributed by atoms with Crippen molar-refractivity contribution in [2.24, 2.45) is 0 Å². The van der Waals surface area contributed by atoms with Crippen LogP contribution in [0.2, 0.25) is 0 Å². The van der Waals surface area contributed by atoms with E-state index in [0.29, 0.717) is 12.1 Å². The molecular formula is C20H21N3O4. The second kappa shape index (κ2) is 7.19. The molecule has 0 radical (unpaired) electrons. The molecule has 7 heteroatoms. The van der Waals surface area contributed by atoms with Gasteiger partial charge in [-0.25, -0.2) is 0 Å². The highest BCUT2D eigenvalue weighted by molar-refractivity contribution is 5.99. The molecule has 0 aromatic heterocycles. The number of nitro groups is 1. The van der Waals surface area contributed by atoms with Crippen molar-refractivity contribution in [3.8, 4) is 0 Å². The van der Waals surface area contributed by atoms with Crippen LogP contribution in [0.4, 0.5) is 11.4 Å². The molecule has 1 aliphatic rings. The number of anilines is 1. The van der Waals surface area contributed by atoms with Gasteiger partial charge in [-0.2, -0.15) is 0 Å². The maximum atomic E-state index is 12.5. The van der Waals surface area contributed by atoms with Crippen molar-refractivity contribution < 1.29 is 14.5 Å². The van der Waals surface area contributed by atoms with E-state index in [1.165, 1.54) is 6.07 Å². The Morgan fingerprint density at radius 2 is 1.81 bits per heavy atom. The van der Waals surface area contributed by atoms with Gasteiger partial charge in [0.2, 0.25) is 5.91 Å². The molecule has 1 aliphatic heterocycles. The maximum absolute atomic E-state index is 12.5. The number of carbonyl (C=O) groups excluding carboxylic acids is 2. The fourth-order valence-corrected chi connectivity index (χ4v) is 3.16. The van der Waals surface area contributed by atoms with Gasteiger partial charge in [0, 0.05) is 35.8 Å². The van der Waals surface area contributed by atoms with Gasteiger partial charge in [0.25, 0.3) is 11.6 Å². The Labute approximate surface area is 157 Å². The van der Waals surface area contributed by atoms with E-state index in [0.717, 1.165) is 16.8 Å². The van der Waals surface area contributed by atoms with E-state index in [-0.39, 0.29) is 29.6 Å². The molecule has 1 atom stereocenters. The molecule has 0 unspecified atom stereocenters. The standard InChI is InChI=1S/C20H21N3O4/c1-12-5-7-17(8-14(12)3)22-11-16(10-19(22)24)21-20(25)15-6-4-13(2)18(9-15)23(26)27/h4-9,16H,10-11H2,1-3H3,(H,21,25)/t16-/m0/s1. The van der Waals surface area contributed by atoms with Crippen LogP contribution in [-0.4, -0.2) is 29.3 Å². The Morgan fingerprint density at radius 3 is 2.48 bits per heavy atom. The smallest absolute Gasteiger partial charge is 0.273 e. The third kappa shape index (κ3) is 3.81. The van der Waals surface area contributed by atoms with Crippen LogP contribution in [0.3, 0.4) is 0 Å². The van der Waals surface area contributed by atoms with Gasteiger partial charge in [0.1, 0.15) is 0 Å². The fraction of sp³-hybridized carbons (Fsp3) is 0.300. The van der Waals surface area contributed by atoms with E-state index in [4.69, 9.17) is 0 Å². The number of nitrogens with one attached hydrogen (secondary N) is 1. The first-order valence-corrected chi connectivity index (χ1v) is 8.70. The van der Waals surface area contributed by atoms with Crippen molar-refractivity contribution in [2.45, 2.75) is 33.2 Å². The van der Waals surface area contributed by atoms with Crippen molar-refractivity contribution in [1.29, 1.82) is 0 Å². The zero-order valence-electron chi connectivity index (χ0n) is 15.5. The van der Waals surface area contributed by atoms with Gasteiger partial charge in [0.05, 0.1) is 11.0 Å². The lowest BCUT2D eigenvalue weighted by Crippen LogP contribution is -2.37. The largest absolute Gasteiger partial charge is 0.347 e. The molecule has 1 saturated heterocycles. The zero-order valence-corrected chi connectivity index (χ0v) is 15.5. The van der Waals surface area contributed by atoms with Gasteiger partial charge in [-0.05, 0) is 50.1 Å². The molecule has 2 aromatic rings. The van der Waals surface area contributed by atoms with Crippen molar-refractivity contribution in [3.05, 3.63) is 68.8 Å². The molecule has 1 N–H and O–H groups in total. The Balaban J connectivity index is 1.73. The summed E-state index contributed by atoms with van der Waals surface area (Å²) in [5, 5.41) is 13.9. The third-order valence-corrected chi connectivity index (χ3v) is 4.93. The Hall–Kier alpha value is -3.22. The average Bonchev–Trinajstić information content (AvgIpc) is 2.97. The molecule has 0 saturated carbocycles. The number of hydrogen-bond acceptors (Lipinski definition) is 4. The molecule has 1 heterocycles. The first-order chi connectivity index (χ1) is 12.8. The summed E-state index contributed by atoms with van der Waals surface area (Å²) in [6, 6.07) is 9.85. The van der Waals surface area contributed by atoms with Gasteiger partial charge in [-0.3, -0.25) is 19.7 Å². The number of rotatable bonds is 4. The summed E-state index contributed by atoms with van der Waals surface area (Å²) in [6.07, 6.45) is 0.201. The molecule has 2 amide bonds. The van der Waals surface area contributed by atoms with E-state index in [9.17, 15) is 19.7 Å². The van der Waals surface area contributed by atoms with Crippen molar-refractivity contribution in [1.82, 2.24) is 5.32 Å². The summed E-state index contributed by atoms with van der Waals surface area (Å²) in [5.41, 5.74) is 3.67. The summed E-state index contributed by atoms with van der Waals surface area (Å²) in [5.74, 6) is -0.476. The van der Waals surface area contributed by atoms with Gasteiger partial charge in [-0.1, -0.05) is 12.1 Å². The summed E-state index contributed by atoms with van der Waals surface area (Å²) >= 11 is 0. The van der Waals surface area contributed by atoms with Gasteiger partial charge < -0.3 is 10.2 Å². The lowest BCUT2D eigenvalue weighted by molar-refractivity contribution is -0.385. The molecule has 1 fully saturated rings. The van der Waals surface area contributed by atoms with Crippen LogP contribution >= 0.6 is 0 Å². The van der Waals surface area contributed by atoms with E-state index < -0.39 is 10.8 Å². The zero-order chi connectivity index (χ0) is 19.7. The molecular weight excluding hydrogens is 346 g/mol. The topological polar surface area (TPSA) is 92.6 Å². The van der Waals surface area contributed by atoms with Crippen LogP contribution in [0.25, 0.3) is 0 Å². The van der Waals surface area contributed by atoms with E-state index in [1.54, 1.807) is 24.0 Å². The summed E-state index contributed by atoms with van der Waals surface area (Å²) in [6.45, 7) is 6.00. The minimum absolute atomic E-state index is 0.0570. The molecule has 27 heavy (non-hydrogen) atoms. The molecule has 0 spiro atoms. The second-order valence-electron chi connectivity index (χ2n) is 6.91. The Morgan fingerprint density at radius 1 is 1.11 bits per heavy atom. The van der Waals surface area contributed by atoms with E-state index >= 15 is 0 Å². The van der Waals surface area contributed by atoms with Crippen LogP contribution < -0.4 is 10.2 Å². The van der Waals surface area contributed by atoms with Crippen molar-refractivity contribution in [2.75, 3.05) is 11.4 Å². The van der Waals surface area contributed by atoms with Crippen molar-refractivity contribution >= 4 is 23.2 Å². The molecule has 3 rings (SSSR count). The number of benzene rings is 2. The quantitative estimate of drug-likeness (QED) is 0.664. The van der Waals surface area contributed by atoms with Gasteiger partial charge in [-0.15, -0.1) is 0 Å². The predicted octanol–water partition coefficient (Wildman–Crippen LogP) is 3.06. The Bertz CT molecular complexity index is 939. The number of aryl methyl sites for hydroxylation is 3.